The number of carbonyl (C=O) groups is 1. The van der Waals surface area contributed by atoms with Crippen molar-refractivity contribution in [2.75, 3.05) is 6.61 Å². The van der Waals surface area contributed by atoms with Gasteiger partial charge in [0.15, 0.2) is 5.11 Å². The molecule has 1 heterocycles. The fourth-order valence-electron chi connectivity index (χ4n) is 2.25. The first-order valence-electron chi connectivity index (χ1n) is 6.68. The number of nitro groups is 1. The molecule has 2 rings (SSSR count). The molecule has 0 saturated carbocycles. The predicted octanol–water partition coefficient (Wildman–Crippen LogP) is 1.74. The van der Waals surface area contributed by atoms with Gasteiger partial charge in [-0.3, -0.25) is 10.1 Å². The third-order valence-electron chi connectivity index (χ3n) is 3.15. The first-order chi connectivity index (χ1) is 10.5. The van der Waals surface area contributed by atoms with Gasteiger partial charge in [-0.05, 0) is 32.1 Å². The molecule has 7 nitrogen and oxygen atoms in total. The van der Waals surface area contributed by atoms with Crippen LogP contribution in [0.3, 0.4) is 0 Å². The van der Waals surface area contributed by atoms with Crippen LogP contribution in [0, 0.1) is 10.1 Å². The highest BCUT2D eigenvalue weighted by Gasteiger charge is 2.31. The lowest BCUT2D eigenvalue weighted by Gasteiger charge is -2.28. The number of rotatable bonds is 4. The maximum atomic E-state index is 12.2. The molecule has 116 valence electrons. The second-order valence-electron chi connectivity index (χ2n) is 4.60. The van der Waals surface area contributed by atoms with E-state index in [1.54, 1.807) is 32.0 Å². The molecule has 0 bridgehead atoms. The second kappa shape index (κ2) is 6.52. The molecule has 1 aliphatic rings. The van der Waals surface area contributed by atoms with Gasteiger partial charge in [-0.2, -0.15) is 0 Å². The van der Waals surface area contributed by atoms with Crippen LogP contribution < -0.4 is 10.6 Å². The minimum Gasteiger partial charge on any atom is -0.463 e. The van der Waals surface area contributed by atoms with Crippen LogP contribution in [0.5, 0.6) is 0 Å². The largest absolute Gasteiger partial charge is 0.463 e. The molecule has 1 aliphatic heterocycles. The van der Waals surface area contributed by atoms with Gasteiger partial charge >= 0.3 is 5.97 Å². The number of hydrogen-bond acceptors (Lipinski definition) is 5. The third-order valence-corrected chi connectivity index (χ3v) is 3.37. The lowest BCUT2D eigenvalue weighted by Crippen LogP contribution is -2.48. The number of esters is 1. The summed E-state index contributed by atoms with van der Waals surface area (Å²) >= 11 is 5.09. The number of nitrogens with one attached hydrogen (secondary N) is 2. The van der Waals surface area contributed by atoms with Crippen LogP contribution in [0.25, 0.3) is 5.70 Å². The van der Waals surface area contributed by atoms with E-state index in [0.717, 1.165) is 0 Å². The Morgan fingerprint density at radius 3 is 2.77 bits per heavy atom. The zero-order valence-electron chi connectivity index (χ0n) is 12.1. The molecule has 0 radical (unpaired) electrons. The third kappa shape index (κ3) is 3.06. The molecule has 0 amide bonds. The molecular formula is C14H15N3O4S. The number of nitrogens with zero attached hydrogens (tertiary/aromatic N) is 1. The van der Waals surface area contributed by atoms with E-state index in [1.165, 1.54) is 6.07 Å². The summed E-state index contributed by atoms with van der Waals surface area (Å²) in [5.41, 5.74) is 0.779. The molecule has 0 saturated heterocycles. The Balaban J connectivity index is 2.65. The van der Waals surface area contributed by atoms with E-state index in [2.05, 4.69) is 10.6 Å². The van der Waals surface area contributed by atoms with Crippen molar-refractivity contribution in [1.29, 1.82) is 0 Å². The first kappa shape index (κ1) is 15.9. The van der Waals surface area contributed by atoms with Gasteiger partial charge < -0.3 is 15.4 Å². The normalized spacial score (nSPS) is 17.5. The van der Waals surface area contributed by atoms with Crippen molar-refractivity contribution in [1.82, 2.24) is 10.6 Å². The molecule has 2 N–H and O–H groups in total. The summed E-state index contributed by atoms with van der Waals surface area (Å²) in [5, 5.41) is 17.3. The quantitative estimate of drug-likeness (QED) is 0.377. The van der Waals surface area contributed by atoms with Crippen molar-refractivity contribution in [3.63, 3.8) is 0 Å². The summed E-state index contributed by atoms with van der Waals surface area (Å²) in [6.45, 7) is 3.65. The Kier molecular flexibility index (Phi) is 4.71. The highest BCUT2D eigenvalue weighted by atomic mass is 32.1. The van der Waals surface area contributed by atoms with E-state index in [0.29, 0.717) is 16.4 Å². The molecule has 1 atom stereocenters. The van der Waals surface area contributed by atoms with Gasteiger partial charge in [0.1, 0.15) is 0 Å². The van der Waals surface area contributed by atoms with E-state index < -0.39 is 16.9 Å². The predicted molar refractivity (Wildman–Crippen MR) is 85.0 cm³/mol. The SMILES string of the molecule is CCOC(=O)C1=C(c2ccccc2[N+](=O)[O-])NC(=S)N[C@H]1C. The Morgan fingerprint density at radius 2 is 2.14 bits per heavy atom. The van der Waals surface area contributed by atoms with Crippen LogP contribution in [-0.4, -0.2) is 28.7 Å². The van der Waals surface area contributed by atoms with Crippen molar-refractivity contribution in [3.05, 3.63) is 45.5 Å². The van der Waals surface area contributed by atoms with Crippen LogP contribution in [0.4, 0.5) is 5.69 Å². The molecule has 1 aromatic rings. The van der Waals surface area contributed by atoms with Crippen molar-refractivity contribution < 1.29 is 14.5 Å². The summed E-state index contributed by atoms with van der Waals surface area (Å²) < 4.78 is 5.05. The van der Waals surface area contributed by atoms with Gasteiger partial charge in [0.25, 0.3) is 5.69 Å². The van der Waals surface area contributed by atoms with Crippen LogP contribution in [0.1, 0.15) is 19.4 Å². The van der Waals surface area contributed by atoms with Gasteiger partial charge in [0.05, 0.1) is 34.4 Å². The van der Waals surface area contributed by atoms with E-state index in [-0.39, 0.29) is 17.9 Å². The zero-order valence-corrected chi connectivity index (χ0v) is 12.9. The number of hydrogen-bond donors (Lipinski definition) is 2. The van der Waals surface area contributed by atoms with Crippen molar-refractivity contribution in [2.45, 2.75) is 19.9 Å². The monoisotopic (exact) mass is 321 g/mol. The molecule has 0 spiro atoms. The molecule has 1 aromatic carbocycles. The Morgan fingerprint density at radius 1 is 1.45 bits per heavy atom. The van der Waals surface area contributed by atoms with Gasteiger partial charge in [-0.25, -0.2) is 4.79 Å². The summed E-state index contributed by atoms with van der Waals surface area (Å²) in [5.74, 6) is -0.536. The number of thiocarbonyl (C=S) groups is 1. The van der Waals surface area contributed by atoms with E-state index in [4.69, 9.17) is 17.0 Å². The summed E-state index contributed by atoms with van der Waals surface area (Å²) in [7, 11) is 0. The van der Waals surface area contributed by atoms with E-state index in [1.807, 2.05) is 0 Å². The Labute approximate surface area is 132 Å². The smallest absolute Gasteiger partial charge is 0.338 e. The van der Waals surface area contributed by atoms with E-state index in [9.17, 15) is 14.9 Å². The molecule has 8 heteroatoms. The summed E-state index contributed by atoms with van der Waals surface area (Å²) in [6.07, 6.45) is 0. The highest BCUT2D eigenvalue weighted by molar-refractivity contribution is 7.80. The molecule has 0 aromatic heterocycles. The van der Waals surface area contributed by atoms with Crippen molar-refractivity contribution in [2.24, 2.45) is 0 Å². The minimum absolute atomic E-state index is 0.108. The number of benzene rings is 1. The molecular weight excluding hydrogens is 306 g/mol. The van der Waals surface area contributed by atoms with Crippen molar-refractivity contribution >= 4 is 34.7 Å². The van der Waals surface area contributed by atoms with Crippen LogP contribution in [-0.2, 0) is 9.53 Å². The van der Waals surface area contributed by atoms with Crippen LogP contribution in [0.2, 0.25) is 0 Å². The fourth-order valence-corrected chi connectivity index (χ4v) is 2.53. The number of para-hydroxylation sites is 1. The van der Waals surface area contributed by atoms with Gasteiger partial charge in [0.2, 0.25) is 0 Å². The molecule has 22 heavy (non-hydrogen) atoms. The van der Waals surface area contributed by atoms with Crippen LogP contribution >= 0.6 is 12.2 Å². The fraction of sp³-hybridized carbons (Fsp3) is 0.286. The lowest BCUT2D eigenvalue weighted by atomic mass is 9.98. The van der Waals surface area contributed by atoms with Crippen LogP contribution in [0.15, 0.2) is 29.8 Å². The maximum absolute atomic E-state index is 12.2. The van der Waals surface area contributed by atoms with E-state index >= 15 is 0 Å². The van der Waals surface area contributed by atoms with Crippen molar-refractivity contribution in [3.8, 4) is 0 Å². The first-order valence-corrected chi connectivity index (χ1v) is 7.09. The maximum Gasteiger partial charge on any atom is 0.338 e. The zero-order chi connectivity index (χ0) is 16.3. The second-order valence-corrected chi connectivity index (χ2v) is 5.01. The Bertz CT molecular complexity index is 672. The highest BCUT2D eigenvalue weighted by Crippen LogP contribution is 2.29. The average Bonchev–Trinajstić information content (AvgIpc) is 2.46. The lowest BCUT2D eigenvalue weighted by molar-refractivity contribution is -0.385. The molecule has 0 fully saturated rings. The molecule has 0 unspecified atom stereocenters. The standard InChI is InChI=1S/C14H15N3O4S/c1-3-21-13(18)11-8(2)15-14(22)16-12(11)9-6-4-5-7-10(9)17(19)20/h4-8H,3H2,1-2H3,(H2,15,16,22)/t8-/m0/s1. The number of carbonyl (C=O) groups excluding carboxylic acids is 1. The number of nitro benzene ring substituents is 1. The minimum atomic E-state index is -0.536. The number of ether oxygens (including phenoxy) is 1. The van der Waals surface area contributed by atoms with Gasteiger partial charge in [-0.15, -0.1) is 0 Å². The topological polar surface area (TPSA) is 93.5 Å². The summed E-state index contributed by atoms with van der Waals surface area (Å²) in [4.78, 5) is 22.9. The average molecular weight is 321 g/mol. The molecule has 0 aliphatic carbocycles. The van der Waals surface area contributed by atoms with Gasteiger partial charge in [0, 0.05) is 6.07 Å². The summed E-state index contributed by atoms with van der Waals surface area (Å²) in [6, 6.07) is 5.76. The Hall–Kier alpha value is -2.48. The van der Waals surface area contributed by atoms with Gasteiger partial charge in [-0.1, -0.05) is 12.1 Å².